The summed E-state index contributed by atoms with van der Waals surface area (Å²) in [5.41, 5.74) is 3.12. The second-order valence-electron chi connectivity index (χ2n) is 11.0. The van der Waals surface area contributed by atoms with Gasteiger partial charge < -0.3 is 8.85 Å². The molecule has 0 aromatic rings. The van der Waals surface area contributed by atoms with E-state index in [-0.39, 0.29) is 0 Å². The van der Waals surface area contributed by atoms with Gasteiger partial charge in [-0.05, 0) is 60.8 Å². The second-order valence-corrected chi connectivity index (χ2v) is 30.0. The van der Waals surface area contributed by atoms with Crippen molar-refractivity contribution in [2.75, 3.05) is 13.2 Å². The summed E-state index contributed by atoms with van der Waals surface area (Å²) < 4.78 is 12.7. The first-order valence-electron chi connectivity index (χ1n) is 9.19. The zero-order valence-corrected chi connectivity index (χ0v) is 22.2. The van der Waals surface area contributed by atoms with Crippen molar-refractivity contribution in [2.24, 2.45) is 0 Å². The Kier molecular flexibility index (Phi) is 6.61. The Morgan fingerprint density at radius 3 is 0.917 bits per heavy atom. The molecule has 0 unspecified atom stereocenters. The molecule has 1 rings (SSSR count). The van der Waals surface area contributed by atoms with Crippen molar-refractivity contribution in [1.82, 2.24) is 0 Å². The van der Waals surface area contributed by atoms with Gasteiger partial charge in [0.15, 0.2) is 16.6 Å². The van der Waals surface area contributed by atoms with Crippen molar-refractivity contribution < 1.29 is 8.85 Å². The number of rotatable bonds is 8. The quantitative estimate of drug-likeness (QED) is 0.462. The largest absolute Gasteiger partial charge is 0.413 e. The summed E-state index contributed by atoms with van der Waals surface area (Å²) in [5, 5.41) is 3.30. The predicted octanol–water partition coefficient (Wildman–Crippen LogP) is 6.05. The van der Waals surface area contributed by atoms with Crippen molar-refractivity contribution in [2.45, 2.75) is 78.6 Å². The third-order valence-electron chi connectivity index (χ3n) is 4.01. The SMILES string of the molecule is C[Si](C)(C)OCC1=C([Si](C)(C)C)C(CO[Si](C)(C)C)=C1[Si](C)(C)C. The zero-order chi connectivity index (χ0) is 19.1. The van der Waals surface area contributed by atoms with Gasteiger partial charge in [-0.2, -0.15) is 0 Å². The van der Waals surface area contributed by atoms with E-state index in [9.17, 15) is 0 Å². The van der Waals surface area contributed by atoms with Gasteiger partial charge in [-0.1, -0.05) is 39.3 Å². The van der Waals surface area contributed by atoms with Crippen LogP contribution in [0, 0.1) is 0 Å². The Balaban J connectivity index is 3.22. The fourth-order valence-corrected chi connectivity index (χ4v) is 9.04. The molecule has 0 amide bonds. The van der Waals surface area contributed by atoms with Crippen LogP contribution in [0.25, 0.3) is 0 Å². The van der Waals surface area contributed by atoms with E-state index >= 15 is 0 Å². The number of hydrogen-bond donors (Lipinski definition) is 0. The third-order valence-corrected chi connectivity index (χ3v) is 10.2. The average molecular weight is 401 g/mol. The molecule has 0 fully saturated rings. The van der Waals surface area contributed by atoms with Gasteiger partial charge in [-0.15, -0.1) is 0 Å². The van der Waals surface area contributed by atoms with E-state index in [1.807, 2.05) is 0 Å². The molecule has 0 atom stereocenters. The molecule has 0 saturated carbocycles. The fraction of sp³-hybridized carbons (Fsp3) is 0.778. The first-order chi connectivity index (χ1) is 10.4. The van der Waals surface area contributed by atoms with E-state index < -0.39 is 32.8 Å². The Labute approximate surface area is 155 Å². The van der Waals surface area contributed by atoms with E-state index in [0.717, 1.165) is 13.2 Å². The van der Waals surface area contributed by atoms with Gasteiger partial charge in [0.25, 0.3) is 0 Å². The topological polar surface area (TPSA) is 18.5 Å². The minimum atomic E-state index is -1.50. The lowest BCUT2D eigenvalue weighted by atomic mass is 9.99. The summed E-state index contributed by atoms with van der Waals surface area (Å²) in [7, 11) is -5.80. The maximum atomic E-state index is 6.34. The lowest BCUT2D eigenvalue weighted by molar-refractivity contribution is 0.335. The van der Waals surface area contributed by atoms with Gasteiger partial charge in [0, 0.05) is 0 Å². The Bertz CT molecular complexity index is 474. The van der Waals surface area contributed by atoms with Crippen LogP contribution in [-0.2, 0) is 8.85 Å². The van der Waals surface area contributed by atoms with E-state index in [1.165, 1.54) is 0 Å². The highest BCUT2D eigenvalue weighted by Gasteiger charge is 2.42. The van der Waals surface area contributed by atoms with Crippen LogP contribution in [0.15, 0.2) is 21.5 Å². The predicted molar refractivity (Wildman–Crippen MR) is 119 cm³/mol. The molecule has 0 bridgehead atoms. The molecule has 1 aliphatic carbocycles. The maximum Gasteiger partial charge on any atom is 0.184 e. The van der Waals surface area contributed by atoms with E-state index in [4.69, 9.17) is 8.85 Å². The first kappa shape index (κ1) is 22.3. The van der Waals surface area contributed by atoms with Gasteiger partial charge in [0.1, 0.15) is 0 Å². The standard InChI is InChI=1S/C18H40O2Si4/c1-21(2,3)17-15(13-19-23(7,8)9)18(22(4,5)6)16(17)14-20-24(10,11)12/h13-14H2,1-12H3. The van der Waals surface area contributed by atoms with E-state index in [0.29, 0.717) is 0 Å². The summed E-state index contributed by atoms with van der Waals surface area (Å²) in [6.45, 7) is 30.1. The van der Waals surface area contributed by atoms with Gasteiger partial charge in [-0.25, -0.2) is 0 Å². The van der Waals surface area contributed by atoms with Crippen molar-refractivity contribution in [3.63, 3.8) is 0 Å². The summed E-state index contributed by atoms with van der Waals surface area (Å²) in [5.74, 6) is 0. The minimum absolute atomic E-state index is 0.825. The van der Waals surface area contributed by atoms with Crippen molar-refractivity contribution >= 4 is 32.8 Å². The summed E-state index contributed by atoms with van der Waals surface area (Å²) >= 11 is 0. The molecule has 0 radical (unpaired) electrons. The van der Waals surface area contributed by atoms with Crippen LogP contribution < -0.4 is 0 Å². The molecule has 0 N–H and O–H groups in total. The van der Waals surface area contributed by atoms with Crippen LogP contribution in [0.4, 0.5) is 0 Å². The molecule has 0 saturated heterocycles. The van der Waals surface area contributed by atoms with E-state index in [2.05, 4.69) is 78.6 Å². The van der Waals surface area contributed by atoms with Crippen molar-refractivity contribution in [1.29, 1.82) is 0 Å². The lowest BCUT2D eigenvalue weighted by Crippen LogP contribution is -2.44. The van der Waals surface area contributed by atoms with Crippen LogP contribution in [0.5, 0.6) is 0 Å². The van der Waals surface area contributed by atoms with Crippen LogP contribution in [0.3, 0.4) is 0 Å². The molecule has 0 aromatic carbocycles. The Morgan fingerprint density at radius 1 is 0.500 bits per heavy atom. The highest BCUT2D eigenvalue weighted by molar-refractivity contribution is 6.89. The normalized spacial score (nSPS) is 17.5. The van der Waals surface area contributed by atoms with Crippen LogP contribution in [0.2, 0.25) is 78.6 Å². The molecular weight excluding hydrogens is 361 g/mol. The summed E-state index contributed by atoms with van der Waals surface area (Å²) in [6, 6.07) is 0. The molecule has 0 aliphatic heterocycles. The van der Waals surface area contributed by atoms with E-state index in [1.54, 1.807) is 21.5 Å². The van der Waals surface area contributed by atoms with Crippen molar-refractivity contribution in [3.05, 3.63) is 21.5 Å². The lowest BCUT2D eigenvalue weighted by Gasteiger charge is -2.44. The first-order valence-corrected chi connectivity index (χ1v) is 23.0. The molecule has 24 heavy (non-hydrogen) atoms. The second kappa shape index (κ2) is 7.12. The molecule has 0 spiro atoms. The van der Waals surface area contributed by atoms with Gasteiger partial charge in [0.2, 0.25) is 0 Å². The average Bonchev–Trinajstić information content (AvgIpc) is 2.18. The molecule has 0 aromatic heterocycles. The summed E-state index contributed by atoms with van der Waals surface area (Å²) in [4.78, 5) is 0. The maximum absolute atomic E-state index is 6.34. The van der Waals surface area contributed by atoms with Crippen LogP contribution in [0.1, 0.15) is 0 Å². The fourth-order valence-electron chi connectivity index (χ4n) is 3.23. The molecule has 1 aliphatic rings. The van der Waals surface area contributed by atoms with Gasteiger partial charge in [0.05, 0.1) is 29.4 Å². The Morgan fingerprint density at radius 2 is 0.750 bits per heavy atom. The molecule has 0 heterocycles. The van der Waals surface area contributed by atoms with Gasteiger partial charge >= 0.3 is 0 Å². The van der Waals surface area contributed by atoms with Gasteiger partial charge in [-0.3, -0.25) is 0 Å². The highest BCUT2D eigenvalue weighted by atomic mass is 28.4. The number of hydrogen-bond acceptors (Lipinski definition) is 2. The van der Waals surface area contributed by atoms with Crippen LogP contribution in [-0.4, -0.2) is 46.0 Å². The molecular formula is C18H40O2Si4. The smallest absolute Gasteiger partial charge is 0.184 e. The summed E-state index contributed by atoms with van der Waals surface area (Å²) in [6.07, 6.45) is 0. The zero-order valence-electron chi connectivity index (χ0n) is 18.2. The van der Waals surface area contributed by atoms with Crippen molar-refractivity contribution in [3.8, 4) is 0 Å². The molecule has 140 valence electrons. The monoisotopic (exact) mass is 400 g/mol. The highest BCUT2D eigenvalue weighted by Crippen LogP contribution is 2.45. The Hall–Kier alpha value is 0.268. The molecule has 2 nitrogen and oxygen atoms in total. The molecule has 6 heteroatoms. The van der Waals surface area contributed by atoms with Crippen LogP contribution >= 0.6 is 0 Å². The third kappa shape index (κ3) is 6.21. The minimum Gasteiger partial charge on any atom is -0.413 e.